The third-order valence-corrected chi connectivity index (χ3v) is 21.2. The molecule has 2 N–H and O–H groups in total. The van der Waals surface area contributed by atoms with Crippen molar-refractivity contribution in [3.05, 3.63) is 139 Å². The topological polar surface area (TPSA) is 293 Å². The molecular formula is C80H110ClN7O20. The molecule has 9 atom stereocenters. The van der Waals surface area contributed by atoms with Crippen molar-refractivity contribution in [1.82, 2.24) is 24.9 Å². The number of fused-ring (bicyclic) bond motifs is 9. The third-order valence-electron chi connectivity index (χ3n) is 21.2. The highest BCUT2D eigenvalue weighted by molar-refractivity contribution is 6.61. The molecule has 8 heterocycles. The number of nitrogens with zero attached hydrogens (tertiary/aromatic N) is 6. The molecule has 8 aliphatic rings. The number of aliphatic hydroxyl groups is 1. The van der Waals surface area contributed by atoms with Gasteiger partial charge < -0.3 is 72.2 Å². The lowest BCUT2D eigenvalue weighted by molar-refractivity contribution is -0.385. The summed E-state index contributed by atoms with van der Waals surface area (Å²) in [5.74, 6) is 7.47. The van der Waals surface area contributed by atoms with Gasteiger partial charge in [-0.1, -0.05) is 41.5 Å². The normalized spacial score (nSPS) is 22.8. The van der Waals surface area contributed by atoms with Crippen LogP contribution in [0.3, 0.4) is 0 Å². The van der Waals surface area contributed by atoms with Crippen LogP contribution >= 0.6 is 11.6 Å². The fourth-order valence-corrected chi connectivity index (χ4v) is 16.2. The quantitative estimate of drug-likeness (QED) is 0.0271. The summed E-state index contributed by atoms with van der Waals surface area (Å²) in [5.41, 5.74) is 6.49. The minimum Gasteiger partial charge on any atom is -0.493 e. The van der Waals surface area contributed by atoms with Gasteiger partial charge in [0.25, 0.3) is 11.4 Å². The van der Waals surface area contributed by atoms with Crippen molar-refractivity contribution in [3.63, 3.8) is 0 Å². The number of carbonyl (C=O) groups excluding carboxylic acids is 3. The van der Waals surface area contributed by atoms with Gasteiger partial charge in [-0.2, -0.15) is 0 Å². The summed E-state index contributed by atoms with van der Waals surface area (Å²) in [4.78, 5) is 65.2. The number of hydrogen-bond acceptors (Lipinski definition) is 24. The Bertz CT molecular complexity index is 3750. The van der Waals surface area contributed by atoms with Gasteiger partial charge in [0.05, 0.1) is 85.0 Å². The first-order chi connectivity index (χ1) is 51.9. The highest BCUT2D eigenvalue weighted by Crippen LogP contribution is 2.48. The minimum atomic E-state index is -0.978. The van der Waals surface area contributed by atoms with E-state index in [1.165, 1.54) is 81.9 Å². The van der Waals surface area contributed by atoms with Gasteiger partial charge in [0.15, 0.2) is 34.5 Å². The zero-order chi connectivity index (χ0) is 77.7. The number of nitrogens with one attached hydrogen (secondary N) is 1. The Morgan fingerprint density at radius 1 is 0.500 bits per heavy atom. The van der Waals surface area contributed by atoms with E-state index in [9.17, 15) is 39.7 Å². The van der Waals surface area contributed by atoms with Crippen molar-refractivity contribution in [2.75, 3.05) is 135 Å². The van der Waals surface area contributed by atoms with Gasteiger partial charge in [0.2, 0.25) is 0 Å². The molecule has 0 radical (unpaired) electrons. The summed E-state index contributed by atoms with van der Waals surface area (Å²) >= 11 is 4.92. The summed E-state index contributed by atoms with van der Waals surface area (Å²) in [6.45, 7) is 25.3. The zero-order valence-corrected chi connectivity index (χ0v) is 65.3. The molecule has 8 aliphatic heterocycles. The van der Waals surface area contributed by atoms with Crippen LogP contribution in [0.2, 0.25) is 0 Å². The Balaban J connectivity index is 0.000000168. The van der Waals surface area contributed by atoms with E-state index < -0.39 is 21.4 Å². The van der Waals surface area contributed by atoms with Crippen molar-refractivity contribution in [2.24, 2.45) is 35.5 Å². The number of methoxy groups -OCH3 is 6. The molecule has 5 aromatic carbocycles. The monoisotopic (exact) mass is 1520 g/mol. The summed E-state index contributed by atoms with van der Waals surface area (Å²) < 4.78 is 65.3. The molecule has 9 unspecified atom stereocenters. The Morgan fingerprint density at radius 2 is 0.852 bits per heavy atom. The lowest BCUT2D eigenvalue weighted by Gasteiger charge is -2.47. The van der Waals surface area contributed by atoms with Gasteiger partial charge in [0, 0.05) is 144 Å². The molecule has 27 nitrogen and oxygen atoms in total. The standard InChI is InChI=1S/C26H32N2O7.C24H36N2O5.C19H29NO3.C7H4ClNO4.C4H9NO/c1-16(2)11-18-15-27-10-9-17-12-24(32-3)25(33-4)13-21(17)22(27)14-23(18)35-26(29)34-20-7-5-19(6-8-20)28(30)31;1-16(2)11-18-15-26-6-5-17-12-22(28-3)23(29-4)13-19(17)20(26)14-21(18)31-24(27)25-7-9-30-10-8-25;1-12(2)7-14-11-20-6-5-13-8-18(22-3)19(23-4)9-15(13)16(20)10-17(14)21;8-7(10)13-6-3-1-5(2-4-6)9(11)12;1-3-6-4-2-5-1/h5-8,12-13,16,18,22-23H,9-11,14-15H2,1-4H3;12-13,16,18,20-21H,5-11,14-15H2,1-4H3;8-9,12,14,16-17,21H,5-7,10-11H2,1-4H3;1-4H;5H,1-4H2. The molecule has 5 aromatic rings. The number of amides is 1. The summed E-state index contributed by atoms with van der Waals surface area (Å²) in [5, 5.41) is 34.8. The van der Waals surface area contributed by atoms with Gasteiger partial charge in [-0.05, 0) is 163 Å². The Hall–Kier alpha value is -8.28. The van der Waals surface area contributed by atoms with E-state index in [1.807, 2.05) is 12.1 Å². The second-order valence-corrected chi connectivity index (χ2v) is 30.0. The summed E-state index contributed by atoms with van der Waals surface area (Å²) in [6, 6.07) is 23.6. The van der Waals surface area contributed by atoms with E-state index in [-0.39, 0.29) is 65.3 Å². The molecule has 0 aliphatic carbocycles. The summed E-state index contributed by atoms with van der Waals surface area (Å²) in [6.07, 6.45) is 6.73. The van der Waals surface area contributed by atoms with E-state index in [0.717, 1.165) is 140 Å². The third kappa shape index (κ3) is 22.7. The average molecular weight is 1530 g/mol. The van der Waals surface area contributed by atoms with Gasteiger partial charge in [0.1, 0.15) is 23.7 Å². The zero-order valence-electron chi connectivity index (χ0n) is 64.5. The molecule has 0 bridgehead atoms. The molecule has 13 rings (SSSR count). The number of hydrogen-bond donors (Lipinski definition) is 2. The number of carbonyl (C=O) groups is 3. The second kappa shape index (κ2) is 40.4. The Labute approximate surface area is 639 Å². The SMILES string of the molecule is C1COCCN1.COc1cc2c(cc1OC)C1CC(O)C(CC(C)C)CN1CC2.COc1cc2c(cc1OC)C1CC(OC(=O)N3CCOCC3)C(CC(C)C)CN1CC2.COc1cc2c(cc1OC)C1CC(OC(=O)Oc3ccc([N+](=O)[O-])cc3)C(CC(C)C)CN1CC2.O=C(Cl)Oc1ccc([N+](=O)[O-])cc1. The molecule has 5 fully saturated rings. The van der Waals surface area contributed by atoms with Crippen molar-refractivity contribution in [3.8, 4) is 46.0 Å². The van der Waals surface area contributed by atoms with Crippen molar-refractivity contribution in [2.45, 2.75) is 136 Å². The molecule has 1 amide bonds. The molecule has 0 spiro atoms. The number of nitro benzene ring substituents is 2. The van der Waals surface area contributed by atoms with Crippen LogP contribution in [0.1, 0.15) is 132 Å². The molecule has 592 valence electrons. The van der Waals surface area contributed by atoms with E-state index in [1.54, 1.807) is 47.6 Å². The van der Waals surface area contributed by atoms with Gasteiger partial charge >= 0.3 is 17.7 Å². The van der Waals surface area contributed by atoms with Crippen LogP contribution in [0.15, 0.2) is 84.9 Å². The number of ether oxygens (including phenoxy) is 12. The van der Waals surface area contributed by atoms with Crippen molar-refractivity contribution >= 4 is 40.7 Å². The van der Waals surface area contributed by atoms with Gasteiger partial charge in [-0.3, -0.25) is 34.9 Å². The van der Waals surface area contributed by atoms with Crippen LogP contribution < -0.4 is 43.2 Å². The highest BCUT2D eigenvalue weighted by Gasteiger charge is 2.45. The number of nitro groups is 2. The van der Waals surface area contributed by atoms with Crippen LogP contribution in [0.5, 0.6) is 46.0 Å². The van der Waals surface area contributed by atoms with Crippen molar-refractivity contribution in [1.29, 1.82) is 0 Å². The number of halogens is 1. The fourth-order valence-electron chi connectivity index (χ4n) is 16.1. The van der Waals surface area contributed by atoms with Crippen LogP contribution in [-0.4, -0.2) is 205 Å². The number of piperidine rings is 3. The largest absolute Gasteiger partial charge is 0.514 e. The predicted octanol–water partition coefficient (Wildman–Crippen LogP) is 13.6. The first-order valence-electron chi connectivity index (χ1n) is 37.6. The maximum atomic E-state index is 12.9. The van der Waals surface area contributed by atoms with E-state index in [4.69, 9.17) is 63.7 Å². The minimum absolute atomic E-state index is 0.0712. The molecule has 5 saturated heterocycles. The van der Waals surface area contributed by atoms with Crippen LogP contribution in [0, 0.1) is 55.7 Å². The first kappa shape index (κ1) is 83.8. The number of rotatable bonds is 18. The average Bonchev–Trinajstić information content (AvgIpc) is 0.775. The Kier molecular flexibility index (Phi) is 31.3. The number of aliphatic hydroxyl groups excluding tert-OH is 1. The van der Waals surface area contributed by atoms with E-state index in [0.29, 0.717) is 79.9 Å². The molecule has 0 saturated carbocycles. The summed E-state index contributed by atoms with van der Waals surface area (Å²) in [7, 11) is 9.98. The maximum absolute atomic E-state index is 12.9. The predicted molar refractivity (Wildman–Crippen MR) is 407 cm³/mol. The lowest BCUT2D eigenvalue weighted by Crippen LogP contribution is -2.51. The van der Waals surface area contributed by atoms with E-state index >= 15 is 0 Å². The van der Waals surface area contributed by atoms with Gasteiger partial charge in [-0.25, -0.2) is 14.4 Å². The highest BCUT2D eigenvalue weighted by atomic mass is 35.5. The van der Waals surface area contributed by atoms with Crippen LogP contribution in [0.4, 0.5) is 25.8 Å². The number of non-ortho nitro benzene ring substituents is 2. The number of benzene rings is 5. The van der Waals surface area contributed by atoms with Gasteiger partial charge in [-0.15, -0.1) is 0 Å². The van der Waals surface area contributed by atoms with Crippen molar-refractivity contribution < 1.29 is 86.2 Å². The fraction of sp³-hybridized carbons (Fsp3) is 0.588. The van der Waals surface area contributed by atoms with E-state index in [2.05, 4.69) is 90.6 Å². The maximum Gasteiger partial charge on any atom is 0.514 e. The molecule has 0 aromatic heterocycles. The van der Waals surface area contributed by atoms with Crippen LogP contribution in [-0.2, 0) is 38.2 Å². The lowest BCUT2D eigenvalue weighted by atomic mass is 9.79. The molecule has 108 heavy (non-hydrogen) atoms. The number of morpholine rings is 2. The Morgan fingerprint density at radius 3 is 1.20 bits per heavy atom. The molecular weight excluding hydrogens is 1410 g/mol. The first-order valence-corrected chi connectivity index (χ1v) is 38.0. The second-order valence-electron chi connectivity index (χ2n) is 29.7. The molecule has 28 heteroatoms. The smallest absolute Gasteiger partial charge is 0.493 e. The van der Waals surface area contributed by atoms with Crippen LogP contribution in [0.25, 0.3) is 0 Å².